The van der Waals surface area contributed by atoms with Crippen molar-refractivity contribution >= 4 is 27.7 Å². The molecule has 2 rings (SSSR count). The van der Waals surface area contributed by atoms with Crippen molar-refractivity contribution < 1.29 is 22.8 Å². The molecule has 4 nitrogen and oxygen atoms in total. The SMILES string of the molecule is O=C(NCCNC(=O)c1ccccc1C(F)(F)F)c1cccc(Br)c1. The standard InChI is InChI=1S/C17H14BrF3N2O2/c18-12-5-3-4-11(10-12)15(24)22-8-9-23-16(25)13-6-1-2-7-14(13)17(19,20)21/h1-7,10H,8-9H2,(H,22,24)(H,23,25). The van der Waals surface area contributed by atoms with Crippen LogP contribution in [0.4, 0.5) is 13.2 Å². The molecule has 2 aromatic rings. The van der Waals surface area contributed by atoms with E-state index in [4.69, 9.17) is 0 Å². The third kappa shape index (κ3) is 5.32. The second kappa shape index (κ2) is 8.15. The van der Waals surface area contributed by atoms with Crippen LogP contribution >= 0.6 is 15.9 Å². The molecule has 2 amide bonds. The lowest BCUT2D eigenvalue weighted by Gasteiger charge is -2.13. The molecule has 0 saturated carbocycles. The molecule has 2 N–H and O–H groups in total. The monoisotopic (exact) mass is 414 g/mol. The van der Waals surface area contributed by atoms with Gasteiger partial charge in [-0.2, -0.15) is 13.2 Å². The summed E-state index contributed by atoms with van der Waals surface area (Å²) in [6, 6.07) is 11.3. The predicted molar refractivity (Wildman–Crippen MR) is 90.3 cm³/mol. The Bertz CT molecular complexity index is 778. The minimum atomic E-state index is -4.61. The summed E-state index contributed by atoms with van der Waals surface area (Å²) < 4.78 is 39.4. The van der Waals surface area contributed by atoms with Crippen molar-refractivity contribution in [2.24, 2.45) is 0 Å². The molecule has 25 heavy (non-hydrogen) atoms. The van der Waals surface area contributed by atoms with E-state index in [9.17, 15) is 22.8 Å². The van der Waals surface area contributed by atoms with Gasteiger partial charge in [0.2, 0.25) is 0 Å². The van der Waals surface area contributed by atoms with Crippen LogP contribution in [-0.4, -0.2) is 24.9 Å². The molecule has 132 valence electrons. The Morgan fingerprint density at radius 2 is 1.56 bits per heavy atom. The molecular formula is C17H14BrF3N2O2. The fourth-order valence-corrected chi connectivity index (χ4v) is 2.51. The topological polar surface area (TPSA) is 58.2 Å². The van der Waals surface area contributed by atoms with Crippen LogP contribution in [-0.2, 0) is 6.18 Å². The maximum absolute atomic E-state index is 12.9. The molecule has 0 fully saturated rings. The van der Waals surface area contributed by atoms with E-state index in [1.54, 1.807) is 24.3 Å². The van der Waals surface area contributed by atoms with Crippen molar-refractivity contribution in [2.75, 3.05) is 13.1 Å². The van der Waals surface area contributed by atoms with Gasteiger partial charge in [0.15, 0.2) is 0 Å². The van der Waals surface area contributed by atoms with E-state index in [0.717, 1.165) is 16.6 Å². The number of amides is 2. The summed E-state index contributed by atoms with van der Waals surface area (Å²) in [6.07, 6.45) is -4.61. The number of halogens is 4. The minimum absolute atomic E-state index is 0.00473. The first-order valence-electron chi connectivity index (χ1n) is 7.27. The largest absolute Gasteiger partial charge is 0.417 e. The van der Waals surface area contributed by atoms with Gasteiger partial charge in [-0.05, 0) is 30.3 Å². The zero-order valence-electron chi connectivity index (χ0n) is 12.9. The highest BCUT2D eigenvalue weighted by Gasteiger charge is 2.34. The number of carbonyl (C=O) groups excluding carboxylic acids is 2. The van der Waals surface area contributed by atoms with Crippen LogP contribution in [0.2, 0.25) is 0 Å². The van der Waals surface area contributed by atoms with E-state index in [1.807, 2.05) is 0 Å². The summed E-state index contributed by atoms with van der Waals surface area (Å²) in [5.41, 5.74) is -1.01. The van der Waals surface area contributed by atoms with Gasteiger partial charge in [-0.15, -0.1) is 0 Å². The lowest BCUT2D eigenvalue weighted by molar-refractivity contribution is -0.137. The fraction of sp³-hybridized carbons (Fsp3) is 0.176. The summed E-state index contributed by atoms with van der Waals surface area (Å²) in [7, 11) is 0. The van der Waals surface area contributed by atoms with E-state index in [2.05, 4.69) is 26.6 Å². The summed E-state index contributed by atoms with van der Waals surface area (Å²) >= 11 is 3.25. The van der Waals surface area contributed by atoms with E-state index >= 15 is 0 Å². The Balaban J connectivity index is 1.88. The molecule has 0 bridgehead atoms. The van der Waals surface area contributed by atoms with Crippen molar-refractivity contribution in [3.8, 4) is 0 Å². The number of benzene rings is 2. The molecule has 0 radical (unpaired) electrons. The number of hydrogen-bond acceptors (Lipinski definition) is 2. The van der Waals surface area contributed by atoms with Crippen LogP contribution in [0.15, 0.2) is 53.0 Å². The number of carbonyl (C=O) groups is 2. The Labute approximate surface area is 150 Å². The van der Waals surface area contributed by atoms with Gasteiger partial charge in [0, 0.05) is 23.1 Å². The maximum atomic E-state index is 12.9. The first-order chi connectivity index (χ1) is 11.8. The van der Waals surface area contributed by atoms with Gasteiger partial charge in [0.25, 0.3) is 11.8 Å². The highest BCUT2D eigenvalue weighted by molar-refractivity contribution is 9.10. The molecule has 0 saturated heterocycles. The molecule has 0 heterocycles. The Morgan fingerprint density at radius 3 is 2.20 bits per heavy atom. The summed E-state index contributed by atoms with van der Waals surface area (Å²) in [5.74, 6) is -1.18. The van der Waals surface area contributed by atoms with Gasteiger partial charge in [0.1, 0.15) is 0 Å². The number of nitrogens with one attached hydrogen (secondary N) is 2. The normalized spacial score (nSPS) is 11.0. The van der Waals surface area contributed by atoms with Crippen LogP contribution in [0.5, 0.6) is 0 Å². The van der Waals surface area contributed by atoms with Gasteiger partial charge in [-0.3, -0.25) is 9.59 Å². The fourth-order valence-electron chi connectivity index (χ4n) is 2.11. The van der Waals surface area contributed by atoms with Crippen molar-refractivity contribution in [3.63, 3.8) is 0 Å². The van der Waals surface area contributed by atoms with Crippen LogP contribution in [0.3, 0.4) is 0 Å². The first-order valence-corrected chi connectivity index (χ1v) is 8.06. The predicted octanol–water partition coefficient (Wildman–Crippen LogP) is 3.63. The maximum Gasteiger partial charge on any atom is 0.417 e. The van der Waals surface area contributed by atoms with E-state index in [1.165, 1.54) is 12.1 Å². The first kappa shape index (κ1) is 19.0. The molecule has 2 aromatic carbocycles. The van der Waals surface area contributed by atoms with E-state index in [0.29, 0.717) is 5.56 Å². The molecule has 0 aliphatic rings. The number of hydrogen-bond donors (Lipinski definition) is 2. The molecule has 0 spiro atoms. The lowest BCUT2D eigenvalue weighted by atomic mass is 10.1. The van der Waals surface area contributed by atoms with E-state index in [-0.39, 0.29) is 19.0 Å². The van der Waals surface area contributed by atoms with Gasteiger partial charge in [-0.1, -0.05) is 34.1 Å². The Kier molecular flexibility index (Phi) is 6.19. The molecular weight excluding hydrogens is 401 g/mol. The van der Waals surface area contributed by atoms with Crippen LogP contribution in [0.1, 0.15) is 26.3 Å². The Morgan fingerprint density at radius 1 is 0.920 bits per heavy atom. The van der Waals surface area contributed by atoms with Crippen LogP contribution in [0.25, 0.3) is 0 Å². The lowest BCUT2D eigenvalue weighted by Crippen LogP contribution is -2.35. The molecule has 0 aromatic heterocycles. The zero-order chi connectivity index (χ0) is 18.4. The van der Waals surface area contributed by atoms with Gasteiger partial charge < -0.3 is 10.6 Å². The van der Waals surface area contributed by atoms with Gasteiger partial charge >= 0.3 is 6.18 Å². The van der Waals surface area contributed by atoms with E-state index < -0.39 is 23.2 Å². The van der Waals surface area contributed by atoms with Crippen molar-refractivity contribution in [1.82, 2.24) is 10.6 Å². The number of rotatable bonds is 5. The summed E-state index contributed by atoms with van der Waals surface area (Å²) in [4.78, 5) is 23.8. The summed E-state index contributed by atoms with van der Waals surface area (Å²) in [5, 5.41) is 4.95. The third-order valence-electron chi connectivity index (χ3n) is 3.26. The minimum Gasteiger partial charge on any atom is -0.350 e. The van der Waals surface area contributed by atoms with Crippen LogP contribution < -0.4 is 10.6 Å². The van der Waals surface area contributed by atoms with Gasteiger partial charge in [-0.25, -0.2) is 0 Å². The quantitative estimate of drug-likeness (QED) is 0.733. The Hall–Kier alpha value is -2.35. The van der Waals surface area contributed by atoms with Crippen LogP contribution in [0, 0.1) is 0 Å². The zero-order valence-corrected chi connectivity index (χ0v) is 14.4. The van der Waals surface area contributed by atoms with Crippen molar-refractivity contribution in [1.29, 1.82) is 0 Å². The molecule has 0 atom stereocenters. The second-order valence-corrected chi connectivity index (χ2v) is 5.98. The van der Waals surface area contributed by atoms with Crippen molar-refractivity contribution in [2.45, 2.75) is 6.18 Å². The third-order valence-corrected chi connectivity index (χ3v) is 3.75. The average Bonchev–Trinajstić information content (AvgIpc) is 2.57. The summed E-state index contributed by atoms with van der Waals surface area (Å²) in [6.45, 7) is 0.0933. The highest BCUT2D eigenvalue weighted by atomic mass is 79.9. The molecule has 0 aliphatic carbocycles. The molecule has 8 heteroatoms. The highest BCUT2D eigenvalue weighted by Crippen LogP contribution is 2.31. The van der Waals surface area contributed by atoms with Crippen molar-refractivity contribution in [3.05, 3.63) is 69.7 Å². The van der Waals surface area contributed by atoms with Gasteiger partial charge in [0.05, 0.1) is 11.1 Å². The average molecular weight is 415 g/mol. The number of alkyl halides is 3. The molecule has 0 aliphatic heterocycles. The molecule has 0 unspecified atom stereocenters. The second-order valence-electron chi connectivity index (χ2n) is 5.07. The smallest absolute Gasteiger partial charge is 0.350 e.